The molecule has 2 heterocycles. The molecule has 10 heteroatoms. The lowest BCUT2D eigenvalue weighted by Gasteiger charge is -2.54. The van der Waals surface area contributed by atoms with E-state index in [1.54, 1.807) is 6.08 Å². The number of rotatable bonds is 17. The van der Waals surface area contributed by atoms with Gasteiger partial charge in [-0.1, -0.05) is 127 Å². The van der Waals surface area contributed by atoms with E-state index in [4.69, 9.17) is 37.9 Å². The van der Waals surface area contributed by atoms with E-state index < -0.39 is 66.9 Å². The molecule has 10 nitrogen and oxygen atoms in total. The van der Waals surface area contributed by atoms with Gasteiger partial charge in [0.15, 0.2) is 12.4 Å². The number of aliphatic hydroxyl groups is 1. The number of ether oxygens (including phenoxy) is 8. The Balaban J connectivity index is 1.36. The fourth-order valence-corrected chi connectivity index (χ4v) is 7.23. The molecule has 0 bridgehead atoms. The second kappa shape index (κ2) is 19.6. The Kier molecular flexibility index (Phi) is 14.4. The lowest BCUT2D eigenvalue weighted by atomic mass is 9.89. The van der Waals surface area contributed by atoms with Gasteiger partial charge < -0.3 is 43.0 Å². The molecule has 10 atom stereocenters. The molecule has 0 radical (unpaired) electrons. The maximum Gasteiger partial charge on any atom is 0.303 e. The SMILES string of the molecule is C=CC[C@@]1(O[C@@H]2[C@H](OCc3ccccc3)[C@@H](OCc3ccccc3)[C@H](C)O[C@H]2O)O[C@@H](C)[C@H](OCc2ccccc2)[C@@H](OCc2ccccc2)[C@H]1OC(C)=O. The molecule has 0 aromatic heterocycles. The zero-order chi connectivity index (χ0) is 38.6. The number of esters is 1. The first-order chi connectivity index (χ1) is 26.8. The van der Waals surface area contributed by atoms with Crippen LogP contribution in [0.4, 0.5) is 0 Å². The number of carbonyl (C=O) groups excluding carboxylic acids is 1. The summed E-state index contributed by atoms with van der Waals surface area (Å²) in [5, 5.41) is 11.7. The van der Waals surface area contributed by atoms with Gasteiger partial charge in [0.25, 0.3) is 0 Å². The minimum absolute atomic E-state index is 0.0472. The topological polar surface area (TPSA) is 111 Å². The maximum atomic E-state index is 13.0. The normalized spacial score (nSPS) is 29.3. The molecule has 4 aromatic rings. The lowest BCUT2D eigenvalue weighted by Crippen LogP contribution is -2.70. The summed E-state index contributed by atoms with van der Waals surface area (Å²) in [6, 6.07) is 39.0. The van der Waals surface area contributed by atoms with Crippen molar-refractivity contribution in [2.75, 3.05) is 0 Å². The Morgan fingerprint density at radius 1 is 0.636 bits per heavy atom. The Morgan fingerprint density at radius 2 is 1.04 bits per heavy atom. The van der Waals surface area contributed by atoms with E-state index in [9.17, 15) is 9.90 Å². The molecule has 4 aromatic carbocycles. The molecule has 1 N–H and O–H groups in total. The van der Waals surface area contributed by atoms with Gasteiger partial charge in [-0.25, -0.2) is 0 Å². The van der Waals surface area contributed by atoms with Crippen LogP contribution < -0.4 is 0 Å². The molecule has 0 amide bonds. The van der Waals surface area contributed by atoms with Gasteiger partial charge in [0.05, 0.1) is 38.6 Å². The van der Waals surface area contributed by atoms with Crippen molar-refractivity contribution in [3.8, 4) is 0 Å². The van der Waals surface area contributed by atoms with Gasteiger partial charge >= 0.3 is 5.97 Å². The van der Waals surface area contributed by atoms with Crippen molar-refractivity contribution in [1.29, 1.82) is 0 Å². The monoisotopic (exact) mass is 752 g/mol. The summed E-state index contributed by atoms with van der Waals surface area (Å²) in [4.78, 5) is 13.0. The first-order valence-corrected chi connectivity index (χ1v) is 18.9. The highest BCUT2D eigenvalue weighted by molar-refractivity contribution is 5.66. The summed E-state index contributed by atoms with van der Waals surface area (Å²) < 4.78 is 52.5. The lowest BCUT2D eigenvalue weighted by molar-refractivity contribution is -0.411. The van der Waals surface area contributed by atoms with Crippen LogP contribution in [0.25, 0.3) is 0 Å². The maximum absolute atomic E-state index is 13.0. The Bertz CT molecular complexity index is 1740. The van der Waals surface area contributed by atoms with Gasteiger partial charge in [-0.3, -0.25) is 4.79 Å². The summed E-state index contributed by atoms with van der Waals surface area (Å²) >= 11 is 0. The predicted octanol–water partition coefficient (Wildman–Crippen LogP) is 7.07. The van der Waals surface area contributed by atoms with Crippen LogP contribution in [0.1, 0.15) is 49.4 Å². The van der Waals surface area contributed by atoms with Gasteiger partial charge in [0.2, 0.25) is 5.79 Å². The standard InChI is InChI=1S/C45H52O10/c1-5-26-45(55-42-40(50-29-36-22-14-8-15-23-36)38(31(2)52-44(42)47)48-27-34-18-10-6-11-19-34)43(53-33(4)46)41(51-30-37-24-16-9-17-25-37)39(32(3)54-45)49-28-35-20-12-7-13-21-35/h5-25,31-32,38-44,47H,1,26-30H2,2-4H3/t31-,32-,38-,39-,40+,41+,42+,43+,44+,45-/m0/s1. The van der Waals surface area contributed by atoms with E-state index in [1.807, 2.05) is 135 Å². The van der Waals surface area contributed by atoms with E-state index >= 15 is 0 Å². The molecule has 2 saturated heterocycles. The molecule has 0 spiro atoms. The van der Waals surface area contributed by atoms with Gasteiger partial charge in [0.1, 0.15) is 30.5 Å². The number of hydrogen-bond acceptors (Lipinski definition) is 10. The van der Waals surface area contributed by atoms with E-state index in [0.717, 1.165) is 22.3 Å². The third kappa shape index (κ3) is 10.5. The highest BCUT2D eigenvalue weighted by Crippen LogP contribution is 2.42. The molecule has 0 saturated carbocycles. The molecule has 2 fully saturated rings. The van der Waals surface area contributed by atoms with Crippen molar-refractivity contribution < 1.29 is 47.8 Å². The average Bonchev–Trinajstić information content (AvgIpc) is 3.19. The average molecular weight is 753 g/mol. The minimum atomic E-state index is -1.73. The van der Waals surface area contributed by atoms with Crippen molar-refractivity contribution >= 4 is 5.97 Å². The van der Waals surface area contributed by atoms with Crippen LogP contribution in [-0.2, 0) is 69.1 Å². The Morgan fingerprint density at radius 3 is 1.45 bits per heavy atom. The fourth-order valence-electron chi connectivity index (χ4n) is 7.23. The van der Waals surface area contributed by atoms with Crippen LogP contribution in [0.3, 0.4) is 0 Å². The van der Waals surface area contributed by atoms with Crippen LogP contribution in [0.15, 0.2) is 134 Å². The Labute approximate surface area is 323 Å². The third-order valence-corrected chi connectivity index (χ3v) is 9.85. The van der Waals surface area contributed by atoms with Crippen LogP contribution in [-0.4, -0.2) is 72.0 Å². The van der Waals surface area contributed by atoms with Crippen LogP contribution >= 0.6 is 0 Å². The molecule has 6 rings (SSSR count). The van der Waals surface area contributed by atoms with Gasteiger partial charge in [-0.2, -0.15) is 0 Å². The summed E-state index contributed by atoms with van der Waals surface area (Å²) in [7, 11) is 0. The van der Waals surface area contributed by atoms with Gasteiger partial charge in [-0.05, 0) is 36.1 Å². The minimum Gasteiger partial charge on any atom is -0.454 e. The van der Waals surface area contributed by atoms with Crippen LogP contribution in [0, 0.1) is 0 Å². The molecular formula is C45H52O10. The number of benzene rings is 4. The van der Waals surface area contributed by atoms with E-state index in [2.05, 4.69) is 6.58 Å². The highest BCUT2D eigenvalue weighted by Gasteiger charge is 2.60. The van der Waals surface area contributed by atoms with Crippen LogP contribution in [0.5, 0.6) is 0 Å². The molecule has 2 aliphatic rings. The molecule has 0 unspecified atom stereocenters. The summed E-state index contributed by atoms with van der Waals surface area (Å²) in [5.41, 5.74) is 3.75. The summed E-state index contributed by atoms with van der Waals surface area (Å²) in [6.07, 6.45) is -6.52. The van der Waals surface area contributed by atoms with Gasteiger partial charge in [0, 0.05) is 13.3 Å². The van der Waals surface area contributed by atoms with Crippen LogP contribution in [0.2, 0.25) is 0 Å². The smallest absolute Gasteiger partial charge is 0.303 e. The van der Waals surface area contributed by atoms with Crippen molar-refractivity contribution in [3.63, 3.8) is 0 Å². The fraction of sp³-hybridized carbons (Fsp3) is 0.400. The number of hydrogen-bond donors (Lipinski definition) is 1. The van der Waals surface area contributed by atoms with E-state index in [1.165, 1.54) is 6.92 Å². The number of carbonyl (C=O) groups is 1. The van der Waals surface area contributed by atoms with Crippen molar-refractivity contribution in [2.45, 2.75) is 115 Å². The third-order valence-electron chi connectivity index (χ3n) is 9.85. The molecule has 0 aliphatic carbocycles. The largest absolute Gasteiger partial charge is 0.454 e. The van der Waals surface area contributed by atoms with Gasteiger partial charge in [-0.15, -0.1) is 6.58 Å². The second-order valence-corrected chi connectivity index (χ2v) is 14.0. The van der Waals surface area contributed by atoms with Crippen molar-refractivity contribution in [1.82, 2.24) is 0 Å². The zero-order valence-electron chi connectivity index (χ0n) is 31.7. The van der Waals surface area contributed by atoms with Crippen molar-refractivity contribution in [3.05, 3.63) is 156 Å². The molecule has 55 heavy (non-hydrogen) atoms. The summed E-state index contributed by atoms with van der Waals surface area (Å²) in [5.74, 6) is -2.31. The number of aliphatic hydroxyl groups excluding tert-OH is 1. The second-order valence-electron chi connectivity index (χ2n) is 14.0. The molecule has 292 valence electrons. The quantitative estimate of drug-likeness (QED) is 0.0889. The van der Waals surface area contributed by atoms with E-state index in [0.29, 0.717) is 0 Å². The molecule has 2 aliphatic heterocycles. The highest BCUT2D eigenvalue weighted by atomic mass is 16.8. The first-order valence-electron chi connectivity index (χ1n) is 18.9. The predicted molar refractivity (Wildman–Crippen MR) is 205 cm³/mol. The Hall–Kier alpha value is -4.23. The van der Waals surface area contributed by atoms with E-state index in [-0.39, 0.29) is 32.8 Å². The first kappa shape index (κ1) is 40.4. The van der Waals surface area contributed by atoms with Crippen molar-refractivity contribution in [2.24, 2.45) is 0 Å². The molecular weight excluding hydrogens is 700 g/mol. The summed E-state index contributed by atoms with van der Waals surface area (Å²) in [6.45, 7) is 9.97. The zero-order valence-corrected chi connectivity index (χ0v) is 31.7.